The highest BCUT2D eigenvalue weighted by Crippen LogP contribution is 2.32. The summed E-state index contributed by atoms with van der Waals surface area (Å²) in [4.78, 5) is 55.2. The molecule has 5 rings (SSSR count). The van der Waals surface area contributed by atoms with E-state index in [4.69, 9.17) is 4.74 Å². The van der Waals surface area contributed by atoms with Crippen LogP contribution in [0.2, 0.25) is 0 Å². The van der Waals surface area contributed by atoms with Crippen molar-refractivity contribution in [3.8, 4) is 0 Å². The van der Waals surface area contributed by atoms with E-state index in [1.807, 2.05) is 6.07 Å². The van der Waals surface area contributed by atoms with Gasteiger partial charge in [0.05, 0.1) is 17.2 Å². The number of amides is 4. The summed E-state index contributed by atoms with van der Waals surface area (Å²) in [5.74, 6) is -1.36. The lowest BCUT2D eigenvalue weighted by atomic mass is 9.97. The average molecular weight is 455 g/mol. The molecule has 1 aromatic carbocycles. The molecule has 0 radical (unpaired) electrons. The van der Waals surface area contributed by atoms with Crippen LogP contribution >= 0.6 is 0 Å². The van der Waals surface area contributed by atoms with Gasteiger partial charge in [-0.1, -0.05) is 0 Å². The fourth-order valence-corrected chi connectivity index (χ4v) is 5.32. The number of nitrogens with one attached hydrogen (secondary N) is 1. The van der Waals surface area contributed by atoms with Crippen LogP contribution in [0.4, 0.5) is 5.69 Å². The van der Waals surface area contributed by atoms with Crippen molar-refractivity contribution < 1.29 is 23.9 Å². The van der Waals surface area contributed by atoms with E-state index in [9.17, 15) is 19.2 Å². The lowest BCUT2D eigenvalue weighted by Crippen LogP contribution is -2.54. The first-order valence-electron chi connectivity index (χ1n) is 11.8. The minimum absolute atomic E-state index is 0.116. The Morgan fingerprint density at radius 2 is 1.73 bits per heavy atom. The molecule has 4 amide bonds. The Morgan fingerprint density at radius 3 is 2.42 bits per heavy atom. The van der Waals surface area contributed by atoms with Crippen molar-refractivity contribution in [2.75, 3.05) is 44.7 Å². The molecule has 1 unspecified atom stereocenters. The minimum atomic E-state index is -0.936. The van der Waals surface area contributed by atoms with Crippen LogP contribution in [0, 0.1) is 5.92 Å². The Kier molecular flexibility index (Phi) is 5.92. The van der Waals surface area contributed by atoms with Crippen molar-refractivity contribution in [3.05, 3.63) is 29.3 Å². The van der Waals surface area contributed by atoms with Crippen LogP contribution < -0.4 is 10.2 Å². The second-order valence-electron chi connectivity index (χ2n) is 9.61. The van der Waals surface area contributed by atoms with Gasteiger partial charge in [0.15, 0.2) is 0 Å². The van der Waals surface area contributed by atoms with Crippen molar-refractivity contribution in [1.82, 2.24) is 15.1 Å². The zero-order valence-electron chi connectivity index (χ0n) is 18.9. The van der Waals surface area contributed by atoms with Gasteiger partial charge in [0.25, 0.3) is 11.8 Å². The van der Waals surface area contributed by atoms with Gasteiger partial charge < -0.3 is 14.5 Å². The van der Waals surface area contributed by atoms with E-state index < -0.39 is 23.8 Å². The summed E-state index contributed by atoms with van der Waals surface area (Å²) in [5, 5.41) is 2.23. The Labute approximate surface area is 193 Å². The Hall–Kier alpha value is -2.78. The molecule has 4 aliphatic heterocycles. The molecular formula is C24H30N4O5. The fourth-order valence-electron chi connectivity index (χ4n) is 5.32. The van der Waals surface area contributed by atoms with Gasteiger partial charge in [-0.3, -0.25) is 29.4 Å². The van der Waals surface area contributed by atoms with Gasteiger partial charge in [0.1, 0.15) is 6.04 Å². The number of anilines is 1. The van der Waals surface area contributed by atoms with E-state index in [0.717, 1.165) is 62.6 Å². The SMILES string of the molecule is CN1CC[C@H](OCC2CCN(c3ccc4c(c3)C(=O)N(C3CCC(=O)NC3=O)C4=O)CC2)C1. The number of hydrogen-bond acceptors (Lipinski definition) is 7. The van der Waals surface area contributed by atoms with Gasteiger partial charge in [0.2, 0.25) is 11.8 Å². The third-order valence-corrected chi connectivity index (χ3v) is 7.32. The van der Waals surface area contributed by atoms with E-state index in [0.29, 0.717) is 23.1 Å². The first-order chi connectivity index (χ1) is 15.9. The Morgan fingerprint density at radius 1 is 0.970 bits per heavy atom. The van der Waals surface area contributed by atoms with Gasteiger partial charge in [-0.15, -0.1) is 0 Å². The number of imide groups is 2. The topological polar surface area (TPSA) is 99.3 Å². The highest BCUT2D eigenvalue weighted by Gasteiger charge is 2.44. The number of rotatable bonds is 5. The maximum absolute atomic E-state index is 13.1. The maximum atomic E-state index is 13.1. The second-order valence-corrected chi connectivity index (χ2v) is 9.61. The molecule has 0 bridgehead atoms. The number of nitrogens with zero attached hydrogens (tertiary/aromatic N) is 3. The Balaban J connectivity index is 1.21. The number of likely N-dealkylation sites (tertiary alicyclic amines) is 1. The molecule has 0 saturated carbocycles. The fraction of sp³-hybridized carbons (Fsp3) is 0.583. The lowest BCUT2D eigenvalue weighted by molar-refractivity contribution is -0.136. The molecular weight excluding hydrogens is 424 g/mol. The molecule has 0 aromatic heterocycles. The normalized spacial score (nSPS) is 26.8. The predicted molar refractivity (Wildman–Crippen MR) is 120 cm³/mol. The van der Waals surface area contributed by atoms with E-state index >= 15 is 0 Å². The van der Waals surface area contributed by atoms with Crippen molar-refractivity contribution in [2.45, 2.75) is 44.2 Å². The standard InChI is InChI=1S/C24H30N4O5/c1-26-9-8-17(13-26)33-14-15-6-10-27(11-7-15)16-2-3-18-19(12-16)24(32)28(23(18)31)20-4-5-21(29)25-22(20)30/h2-3,12,15,17,20H,4-11,13-14H2,1H3,(H,25,29,30)/t17-,20?/m0/s1. The van der Waals surface area contributed by atoms with Crippen molar-refractivity contribution in [2.24, 2.45) is 5.92 Å². The molecule has 0 aliphatic carbocycles. The van der Waals surface area contributed by atoms with Crippen molar-refractivity contribution in [3.63, 3.8) is 0 Å². The first kappa shape index (κ1) is 22.0. The van der Waals surface area contributed by atoms with Gasteiger partial charge in [-0.05, 0) is 56.8 Å². The molecule has 9 nitrogen and oxygen atoms in total. The first-order valence-corrected chi connectivity index (χ1v) is 11.8. The van der Waals surface area contributed by atoms with Crippen molar-refractivity contribution >= 4 is 29.3 Å². The Bertz CT molecular complexity index is 987. The van der Waals surface area contributed by atoms with Crippen LogP contribution in [0.5, 0.6) is 0 Å². The molecule has 0 spiro atoms. The van der Waals surface area contributed by atoms with E-state index in [1.165, 1.54) is 0 Å². The van der Waals surface area contributed by atoms with Gasteiger partial charge in [-0.2, -0.15) is 0 Å². The maximum Gasteiger partial charge on any atom is 0.262 e. The molecule has 2 atom stereocenters. The van der Waals surface area contributed by atoms with Gasteiger partial charge >= 0.3 is 0 Å². The van der Waals surface area contributed by atoms with Crippen molar-refractivity contribution in [1.29, 1.82) is 0 Å². The van der Waals surface area contributed by atoms with E-state index in [-0.39, 0.29) is 18.7 Å². The summed E-state index contributed by atoms with van der Waals surface area (Å²) < 4.78 is 6.12. The van der Waals surface area contributed by atoms with Gasteiger partial charge in [-0.25, -0.2) is 0 Å². The summed E-state index contributed by atoms with van der Waals surface area (Å²) >= 11 is 0. The third-order valence-electron chi connectivity index (χ3n) is 7.32. The van der Waals surface area contributed by atoms with E-state index in [1.54, 1.807) is 12.1 Å². The average Bonchev–Trinajstić information content (AvgIpc) is 3.33. The summed E-state index contributed by atoms with van der Waals surface area (Å²) in [6.45, 7) is 4.65. The second kappa shape index (κ2) is 8.87. The molecule has 4 heterocycles. The number of ether oxygens (including phenoxy) is 1. The number of fused-ring (bicyclic) bond motifs is 1. The number of carbonyl (C=O) groups excluding carboxylic acids is 4. The number of carbonyl (C=O) groups is 4. The lowest BCUT2D eigenvalue weighted by Gasteiger charge is -2.34. The number of likely N-dealkylation sites (N-methyl/N-ethyl adjacent to an activating group) is 1. The quantitative estimate of drug-likeness (QED) is 0.664. The summed E-state index contributed by atoms with van der Waals surface area (Å²) in [6, 6.07) is 4.40. The molecule has 1 N–H and O–H groups in total. The largest absolute Gasteiger partial charge is 0.377 e. The van der Waals surface area contributed by atoms with E-state index in [2.05, 4.69) is 22.2 Å². The zero-order chi connectivity index (χ0) is 23.1. The van der Waals surface area contributed by atoms with Crippen LogP contribution in [0.1, 0.15) is 52.8 Å². The summed E-state index contributed by atoms with van der Waals surface area (Å²) in [6.07, 6.45) is 3.78. The molecule has 176 valence electrons. The highest BCUT2D eigenvalue weighted by molar-refractivity contribution is 6.23. The number of piperidine rings is 2. The number of hydrogen-bond donors (Lipinski definition) is 1. The van der Waals surface area contributed by atoms with Crippen LogP contribution in [-0.2, 0) is 14.3 Å². The van der Waals surface area contributed by atoms with Gasteiger partial charge in [0, 0.05) is 44.9 Å². The monoisotopic (exact) mass is 454 g/mol. The smallest absolute Gasteiger partial charge is 0.262 e. The predicted octanol–water partition coefficient (Wildman–Crippen LogP) is 1.02. The zero-order valence-corrected chi connectivity index (χ0v) is 18.9. The number of benzene rings is 1. The summed E-state index contributed by atoms with van der Waals surface area (Å²) in [7, 11) is 2.13. The third kappa shape index (κ3) is 4.27. The molecule has 1 aromatic rings. The molecule has 33 heavy (non-hydrogen) atoms. The van der Waals surface area contributed by atoms with Crippen LogP contribution in [0.15, 0.2) is 18.2 Å². The molecule has 3 saturated heterocycles. The van der Waals surface area contributed by atoms with Crippen LogP contribution in [-0.4, -0.2) is 85.4 Å². The summed E-state index contributed by atoms with van der Waals surface area (Å²) in [5.41, 5.74) is 1.56. The highest BCUT2D eigenvalue weighted by atomic mass is 16.5. The van der Waals surface area contributed by atoms with Crippen LogP contribution in [0.25, 0.3) is 0 Å². The minimum Gasteiger partial charge on any atom is -0.377 e. The van der Waals surface area contributed by atoms with Crippen LogP contribution in [0.3, 0.4) is 0 Å². The molecule has 4 aliphatic rings. The molecule has 9 heteroatoms. The molecule has 3 fully saturated rings.